The Morgan fingerprint density at radius 1 is 0.812 bits per heavy atom. The highest BCUT2D eigenvalue weighted by atomic mass is 16.6. The number of pyridine rings is 3. The molecular weight excluding hydrogens is 606 g/mol. The van der Waals surface area contributed by atoms with Crippen molar-refractivity contribution in [2.24, 2.45) is 0 Å². The van der Waals surface area contributed by atoms with Crippen LogP contribution in [0.25, 0.3) is 22.0 Å². The topological polar surface area (TPSA) is 116 Å². The number of nitrogens with zero attached hydrogens (tertiary/aromatic N) is 4. The molecule has 1 amide bonds. The molecule has 0 spiro atoms. The second-order valence-electron chi connectivity index (χ2n) is 12.5. The van der Waals surface area contributed by atoms with E-state index < -0.39 is 11.7 Å². The van der Waals surface area contributed by atoms with Crippen LogP contribution >= 0.6 is 0 Å². The first-order valence-electron chi connectivity index (χ1n) is 15.8. The average Bonchev–Trinajstić information content (AvgIpc) is 3.06. The fourth-order valence-electron chi connectivity index (χ4n) is 5.25. The first-order chi connectivity index (χ1) is 23.0. The molecule has 10 heteroatoms. The Balaban J connectivity index is 1.67. The molecular formula is C38H41N5O5. The number of nitrogens with one attached hydrogen (secondary N) is 1. The number of carbonyl (C=O) groups excluding carboxylic acids is 2. The van der Waals surface area contributed by atoms with Gasteiger partial charge in [0.25, 0.3) is 0 Å². The normalized spacial score (nSPS) is 11.2. The molecule has 3 heterocycles. The van der Waals surface area contributed by atoms with E-state index in [1.54, 1.807) is 53.5 Å². The number of amides is 1. The molecule has 3 aromatic heterocycles. The second-order valence-corrected chi connectivity index (χ2v) is 12.5. The van der Waals surface area contributed by atoms with Crippen molar-refractivity contribution in [3.8, 4) is 22.6 Å². The SMILES string of the molecule is CCC(=O)c1cc(C)c(-c2cc3cnc(NC(=O)OC(C)(C)C)cc3nc2N(Cc2ccc(OC)cc2)Cc2ccc(OC)cc2)cn1. The van der Waals surface area contributed by atoms with Gasteiger partial charge in [0.15, 0.2) is 5.78 Å². The number of aromatic nitrogens is 3. The van der Waals surface area contributed by atoms with Crippen LogP contribution in [-0.2, 0) is 17.8 Å². The summed E-state index contributed by atoms with van der Waals surface area (Å²) in [6.07, 6.45) is 3.19. The summed E-state index contributed by atoms with van der Waals surface area (Å²) in [6.45, 7) is 10.3. The lowest BCUT2D eigenvalue weighted by molar-refractivity contribution is 0.0635. The van der Waals surface area contributed by atoms with Crippen molar-refractivity contribution in [2.75, 3.05) is 24.4 Å². The maximum absolute atomic E-state index is 12.6. The second kappa shape index (κ2) is 14.5. The number of Topliss-reactive ketones (excluding diaryl/α,β-unsaturated/α-hetero) is 1. The first-order valence-corrected chi connectivity index (χ1v) is 15.8. The highest BCUT2D eigenvalue weighted by Gasteiger charge is 2.21. The van der Waals surface area contributed by atoms with Gasteiger partial charge in [-0.15, -0.1) is 0 Å². The molecule has 0 saturated heterocycles. The number of ketones is 1. The third-order valence-electron chi connectivity index (χ3n) is 7.68. The summed E-state index contributed by atoms with van der Waals surface area (Å²) < 4.78 is 16.2. The van der Waals surface area contributed by atoms with Crippen LogP contribution in [0.2, 0.25) is 0 Å². The molecule has 0 atom stereocenters. The van der Waals surface area contributed by atoms with Gasteiger partial charge in [-0.1, -0.05) is 31.2 Å². The van der Waals surface area contributed by atoms with Crippen molar-refractivity contribution >= 4 is 34.4 Å². The summed E-state index contributed by atoms with van der Waals surface area (Å²) in [4.78, 5) is 41.5. The smallest absolute Gasteiger partial charge is 0.413 e. The maximum Gasteiger partial charge on any atom is 0.413 e. The standard InChI is InChI=1S/C38H41N5O5/c1-8-34(44)33-17-24(2)31(21-39-33)30-18-27-20-40-35(42-37(45)48-38(3,4)5)19-32(27)41-36(30)43(22-25-9-13-28(46-6)14-10-25)23-26-11-15-29(47-7)16-12-26/h9-21H,8,22-23H2,1-7H3,(H,40,42,45). The van der Waals surface area contributed by atoms with Gasteiger partial charge < -0.3 is 19.1 Å². The van der Waals surface area contributed by atoms with E-state index >= 15 is 0 Å². The molecule has 0 bridgehead atoms. The van der Waals surface area contributed by atoms with E-state index in [0.29, 0.717) is 42.4 Å². The zero-order valence-electron chi connectivity index (χ0n) is 28.5. The average molecular weight is 648 g/mol. The van der Waals surface area contributed by atoms with E-state index in [-0.39, 0.29) is 5.78 Å². The quantitative estimate of drug-likeness (QED) is 0.142. The Labute approximate surface area is 281 Å². The zero-order chi connectivity index (χ0) is 34.4. The van der Waals surface area contributed by atoms with Gasteiger partial charge in [0, 0.05) is 54.5 Å². The number of hydrogen-bond acceptors (Lipinski definition) is 9. The molecule has 0 aliphatic heterocycles. The molecule has 10 nitrogen and oxygen atoms in total. The van der Waals surface area contributed by atoms with E-state index in [4.69, 9.17) is 19.2 Å². The van der Waals surface area contributed by atoms with Crippen molar-refractivity contribution in [3.63, 3.8) is 0 Å². The Bertz CT molecular complexity index is 1870. The van der Waals surface area contributed by atoms with Gasteiger partial charge in [-0.3, -0.25) is 15.1 Å². The van der Waals surface area contributed by atoms with E-state index in [1.165, 1.54) is 0 Å². The molecule has 2 aromatic carbocycles. The summed E-state index contributed by atoms with van der Waals surface area (Å²) in [5.41, 5.74) is 5.09. The van der Waals surface area contributed by atoms with Crippen LogP contribution in [0.1, 0.15) is 61.3 Å². The number of hydrogen-bond donors (Lipinski definition) is 1. The summed E-state index contributed by atoms with van der Waals surface area (Å²) in [6, 6.07) is 21.5. The van der Waals surface area contributed by atoms with E-state index in [0.717, 1.165) is 44.7 Å². The van der Waals surface area contributed by atoms with Crippen molar-refractivity contribution in [2.45, 2.75) is 59.7 Å². The Morgan fingerprint density at radius 2 is 1.42 bits per heavy atom. The monoisotopic (exact) mass is 647 g/mol. The summed E-state index contributed by atoms with van der Waals surface area (Å²) in [5.74, 6) is 2.54. The number of benzene rings is 2. The molecule has 1 N–H and O–H groups in total. The van der Waals surface area contributed by atoms with Crippen molar-refractivity contribution in [1.29, 1.82) is 0 Å². The number of rotatable bonds is 11. The number of carbonyl (C=O) groups is 2. The van der Waals surface area contributed by atoms with E-state index in [2.05, 4.69) is 20.2 Å². The van der Waals surface area contributed by atoms with Gasteiger partial charge in [-0.25, -0.2) is 14.8 Å². The Hall–Kier alpha value is -5.51. The molecule has 5 rings (SSSR count). The third kappa shape index (κ3) is 8.25. The van der Waals surface area contributed by atoms with Crippen molar-refractivity contribution in [1.82, 2.24) is 15.0 Å². The van der Waals surface area contributed by atoms with Gasteiger partial charge in [0.05, 0.1) is 19.7 Å². The van der Waals surface area contributed by atoms with Crippen LogP contribution in [0.3, 0.4) is 0 Å². The number of aryl methyl sites for hydroxylation is 1. The van der Waals surface area contributed by atoms with Gasteiger partial charge >= 0.3 is 6.09 Å². The van der Waals surface area contributed by atoms with Crippen molar-refractivity contribution in [3.05, 3.63) is 102 Å². The van der Waals surface area contributed by atoms with Gasteiger partial charge in [0.1, 0.15) is 34.4 Å². The van der Waals surface area contributed by atoms with Crippen molar-refractivity contribution < 1.29 is 23.8 Å². The van der Waals surface area contributed by atoms with E-state index in [1.807, 2.05) is 74.5 Å². The minimum atomic E-state index is -0.659. The van der Waals surface area contributed by atoms with Crippen LogP contribution in [0, 0.1) is 6.92 Å². The molecule has 0 fully saturated rings. The van der Waals surface area contributed by atoms with Gasteiger partial charge in [0.2, 0.25) is 0 Å². The number of fused-ring (bicyclic) bond motifs is 1. The predicted molar refractivity (Wildman–Crippen MR) is 188 cm³/mol. The van der Waals surface area contributed by atoms with Crippen LogP contribution in [0.5, 0.6) is 11.5 Å². The summed E-state index contributed by atoms with van der Waals surface area (Å²) in [7, 11) is 3.29. The van der Waals surface area contributed by atoms with Crippen LogP contribution in [-0.4, -0.2) is 46.6 Å². The van der Waals surface area contributed by atoms with Gasteiger partial charge in [-0.2, -0.15) is 0 Å². The predicted octanol–water partition coefficient (Wildman–Crippen LogP) is 8.16. The maximum atomic E-state index is 12.6. The lowest BCUT2D eigenvalue weighted by atomic mass is 9.99. The molecule has 48 heavy (non-hydrogen) atoms. The molecule has 0 unspecified atom stereocenters. The minimum Gasteiger partial charge on any atom is -0.497 e. The highest BCUT2D eigenvalue weighted by molar-refractivity contribution is 5.96. The first kappa shape index (κ1) is 33.8. The molecule has 0 aliphatic carbocycles. The molecule has 248 valence electrons. The minimum absolute atomic E-state index is 0.0173. The van der Waals surface area contributed by atoms with Crippen LogP contribution in [0.15, 0.2) is 79.1 Å². The van der Waals surface area contributed by atoms with Gasteiger partial charge in [-0.05, 0) is 80.8 Å². The largest absolute Gasteiger partial charge is 0.497 e. The summed E-state index contributed by atoms with van der Waals surface area (Å²) >= 11 is 0. The third-order valence-corrected chi connectivity index (χ3v) is 7.68. The van der Waals surface area contributed by atoms with Crippen LogP contribution in [0.4, 0.5) is 16.4 Å². The fraction of sp³-hybridized carbons (Fsp3) is 0.289. The molecule has 0 aliphatic rings. The summed E-state index contributed by atoms with van der Waals surface area (Å²) in [5, 5.41) is 3.50. The molecule has 5 aromatic rings. The highest BCUT2D eigenvalue weighted by Crippen LogP contribution is 2.36. The Kier molecular flexibility index (Phi) is 10.2. The lowest BCUT2D eigenvalue weighted by Crippen LogP contribution is -2.27. The number of ether oxygens (including phenoxy) is 3. The Morgan fingerprint density at radius 3 is 1.94 bits per heavy atom. The van der Waals surface area contributed by atoms with E-state index in [9.17, 15) is 9.59 Å². The van der Waals surface area contributed by atoms with Crippen LogP contribution < -0.4 is 19.7 Å². The number of anilines is 2. The number of methoxy groups -OCH3 is 2. The lowest BCUT2D eigenvalue weighted by Gasteiger charge is -2.27. The fourth-order valence-corrected chi connectivity index (χ4v) is 5.25. The molecule has 0 radical (unpaired) electrons. The molecule has 0 saturated carbocycles. The zero-order valence-corrected chi connectivity index (χ0v) is 28.5.